The lowest BCUT2D eigenvalue weighted by Gasteiger charge is -2.09. The molecule has 0 amide bonds. The zero-order valence-electron chi connectivity index (χ0n) is 16.0. The highest BCUT2D eigenvalue weighted by Gasteiger charge is 2.20. The molecule has 152 valence electrons. The van der Waals surface area contributed by atoms with Gasteiger partial charge >= 0.3 is 11.9 Å². The first-order valence-electron chi connectivity index (χ1n) is 8.30. The highest BCUT2D eigenvalue weighted by molar-refractivity contribution is 6.11. The fourth-order valence-electron chi connectivity index (χ4n) is 2.57. The third-order valence-electron chi connectivity index (χ3n) is 3.98. The van der Waals surface area contributed by atoms with Gasteiger partial charge in [-0.25, -0.2) is 9.59 Å². The second-order valence-corrected chi connectivity index (χ2v) is 5.77. The number of carboxylic acid groups (broad SMARTS) is 2. The van der Waals surface area contributed by atoms with Gasteiger partial charge in [-0.05, 0) is 47.5 Å². The third kappa shape index (κ3) is 5.07. The Morgan fingerprint density at radius 1 is 0.724 bits per heavy atom. The zero-order valence-corrected chi connectivity index (χ0v) is 16.0. The number of hydrogen-bond acceptors (Lipinski definition) is 6. The molecular weight excluding hydrogens is 380 g/mol. The van der Waals surface area contributed by atoms with Gasteiger partial charge in [0.15, 0.2) is 23.0 Å². The first kappa shape index (κ1) is 21.4. The number of rotatable bonds is 8. The number of phenolic OH excluding ortho intramolecular Hbond substituents is 1. The van der Waals surface area contributed by atoms with Crippen LogP contribution in [0.25, 0.3) is 12.2 Å². The van der Waals surface area contributed by atoms with Crippen LogP contribution in [0, 0.1) is 0 Å². The summed E-state index contributed by atoms with van der Waals surface area (Å²) in [6, 6.07) is 8.85. The molecule has 2 rings (SSSR count). The molecule has 0 heterocycles. The molecule has 2 aromatic carbocycles. The fourth-order valence-corrected chi connectivity index (χ4v) is 2.57. The van der Waals surface area contributed by atoms with Crippen LogP contribution in [-0.4, -0.2) is 48.6 Å². The van der Waals surface area contributed by atoms with Gasteiger partial charge in [-0.15, -0.1) is 0 Å². The van der Waals surface area contributed by atoms with Crippen LogP contribution in [0.2, 0.25) is 0 Å². The van der Waals surface area contributed by atoms with Crippen LogP contribution in [0.5, 0.6) is 23.0 Å². The second-order valence-electron chi connectivity index (χ2n) is 5.77. The maximum Gasteiger partial charge on any atom is 0.336 e. The van der Waals surface area contributed by atoms with Crippen LogP contribution in [0.1, 0.15) is 11.1 Å². The van der Waals surface area contributed by atoms with Crippen molar-refractivity contribution in [1.82, 2.24) is 0 Å². The summed E-state index contributed by atoms with van der Waals surface area (Å²) < 4.78 is 15.3. The molecule has 0 bridgehead atoms. The predicted molar refractivity (Wildman–Crippen MR) is 105 cm³/mol. The summed E-state index contributed by atoms with van der Waals surface area (Å²) in [5.41, 5.74) is -0.121. The van der Waals surface area contributed by atoms with Crippen molar-refractivity contribution in [2.75, 3.05) is 21.3 Å². The Morgan fingerprint density at radius 2 is 1.17 bits per heavy atom. The summed E-state index contributed by atoms with van der Waals surface area (Å²) in [6.07, 6.45) is 2.41. The van der Waals surface area contributed by atoms with Gasteiger partial charge in [-0.3, -0.25) is 0 Å². The van der Waals surface area contributed by atoms with E-state index in [1.807, 2.05) is 0 Å². The van der Waals surface area contributed by atoms with E-state index in [0.29, 0.717) is 22.6 Å². The average Bonchev–Trinajstić information content (AvgIpc) is 2.71. The van der Waals surface area contributed by atoms with Crippen molar-refractivity contribution in [2.24, 2.45) is 0 Å². The number of ether oxygens (including phenoxy) is 3. The molecule has 29 heavy (non-hydrogen) atoms. The first-order chi connectivity index (χ1) is 13.8. The van der Waals surface area contributed by atoms with E-state index < -0.39 is 23.1 Å². The minimum absolute atomic E-state index is 0.124. The molecule has 8 heteroatoms. The van der Waals surface area contributed by atoms with Crippen LogP contribution < -0.4 is 14.2 Å². The van der Waals surface area contributed by atoms with Crippen molar-refractivity contribution in [3.63, 3.8) is 0 Å². The standard InChI is InChI=1S/C21H20O8/c1-27-17-7-5-13(11-19(17)29-3)9-15(21(25)26)14(20(23)24)8-12-4-6-16(22)18(10-12)28-2/h4-11,22H,1-3H3,(H,23,24)(H,25,26)/b14-8+,15-9?. The Balaban J connectivity index is 2.59. The van der Waals surface area contributed by atoms with Gasteiger partial charge in [0.1, 0.15) is 0 Å². The number of aromatic hydroxyl groups is 1. The minimum atomic E-state index is -1.42. The number of phenols is 1. The predicted octanol–water partition coefficient (Wildman–Crippen LogP) is 3.05. The smallest absolute Gasteiger partial charge is 0.336 e. The summed E-state index contributed by atoms with van der Waals surface area (Å²) in [4.78, 5) is 23.6. The molecule has 0 radical (unpaired) electrons. The fraction of sp³-hybridized carbons (Fsp3) is 0.143. The van der Waals surface area contributed by atoms with E-state index in [9.17, 15) is 24.9 Å². The summed E-state index contributed by atoms with van der Waals surface area (Å²) in [7, 11) is 4.25. The lowest BCUT2D eigenvalue weighted by Crippen LogP contribution is -2.11. The third-order valence-corrected chi connectivity index (χ3v) is 3.98. The summed E-state index contributed by atoms with van der Waals surface area (Å²) in [6.45, 7) is 0. The Labute approximate surface area is 166 Å². The number of benzene rings is 2. The largest absolute Gasteiger partial charge is 0.504 e. The highest BCUT2D eigenvalue weighted by Crippen LogP contribution is 2.30. The molecule has 0 saturated carbocycles. The van der Waals surface area contributed by atoms with Crippen LogP contribution in [-0.2, 0) is 9.59 Å². The lowest BCUT2D eigenvalue weighted by molar-refractivity contribution is -0.136. The van der Waals surface area contributed by atoms with Gasteiger partial charge < -0.3 is 29.5 Å². The van der Waals surface area contributed by atoms with Crippen LogP contribution in [0.3, 0.4) is 0 Å². The number of aliphatic carboxylic acids is 2. The summed E-state index contributed by atoms with van der Waals surface area (Å²) in [5.74, 6) is -2.02. The van der Waals surface area contributed by atoms with Gasteiger partial charge in [0.25, 0.3) is 0 Å². The normalized spacial score (nSPS) is 11.7. The zero-order chi connectivity index (χ0) is 21.6. The summed E-state index contributed by atoms with van der Waals surface area (Å²) >= 11 is 0. The number of carboxylic acids is 2. The second kappa shape index (κ2) is 9.32. The molecule has 0 aromatic heterocycles. The molecule has 0 unspecified atom stereocenters. The first-order valence-corrected chi connectivity index (χ1v) is 8.30. The summed E-state index contributed by atoms with van der Waals surface area (Å²) in [5, 5.41) is 28.9. The lowest BCUT2D eigenvalue weighted by atomic mass is 10.00. The van der Waals surface area contributed by atoms with E-state index in [1.54, 1.807) is 12.1 Å². The molecular formula is C21H20O8. The molecule has 0 fully saturated rings. The molecule has 0 saturated heterocycles. The van der Waals surface area contributed by atoms with Crippen molar-refractivity contribution < 1.29 is 39.1 Å². The molecule has 0 aliphatic rings. The molecule has 0 atom stereocenters. The quantitative estimate of drug-likeness (QED) is 0.456. The Bertz CT molecular complexity index is 988. The highest BCUT2D eigenvalue weighted by atomic mass is 16.5. The van der Waals surface area contributed by atoms with Crippen molar-refractivity contribution in [3.05, 3.63) is 58.7 Å². The van der Waals surface area contributed by atoms with Gasteiger partial charge in [-0.1, -0.05) is 12.1 Å². The van der Waals surface area contributed by atoms with Gasteiger partial charge in [-0.2, -0.15) is 0 Å². The van der Waals surface area contributed by atoms with Gasteiger partial charge in [0.2, 0.25) is 0 Å². The van der Waals surface area contributed by atoms with E-state index in [2.05, 4.69) is 0 Å². The van der Waals surface area contributed by atoms with Crippen molar-refractivity contribution >= 4 is 24.1 Å². The van der Waals surface area contributed by atoms with Crippen molar-refractivity contribution in [2.45, 2.75) is 0 Å². The Kier molecular flexibility index (Phi) is 6.86. The van der Waals surface area contributed by atoms with E-state index in [1.165, 1.54) is 57.7 Å². The number of carbonyl (C=O) groups is 2. The van der Waals surface area contributed by atoms with E-state index >= 15 is 0 Å². The molecule has 0 aliphatic heterocycles. The molecule has 3 N–H and O–H groups in total. The molecule has 0 aliphatic carbocycles. The molecule has 2 aromatic rings. The number of methoxy groups -OCH3 is 3. The minimum Gasteiger partial charge on any atom is -0.504 e. The number of hydrogen-bond donors (Lipinski definition) is 3. The topological polar surface area (TPSA) is 123 Å². The average molecular weight is 400 g/mol. The van der Waals surface area contributed by atoms with Gasteiger partial charge in [0, 0.05) is 0 Å². The van der Waals surface area contributed by atoms with Crippen LogP contribution >= 0.6 is 0 Å². The maximum absolute atomic E-state index is 11.8. The SMILES string of the molecule is COc1cc(/C=C(/C(=O)O)C(=Cc2ccc(OC)c(OC)c2)C(=O)O)ccc1O. The Morgan fingerprint density at radius 3 is 1.62 bits per heavy atom. The Hall–Kier alpha value is -3.94. The maximum atomic E-state index is 11.8. The van der Waals surface area contributed by atoms with E-state index in [0.717, 1.165) is 0 Å². The van der Waals surface area contributed by atoms with E-state index in [4.69, 9.17) is 14.2 Å². The van der Waals surface area contributed by atoms with Crippen molar-refractivity contribution in [3.8, 4) is 23.0 Å². The molecule has 8 nitrogen and oxygen atoms in total. The van der Waals surface area contributed by atoms with E-state index in [-0.39, 0.29) is 11.5 Å². The molecule has 0 spiro atoms. The monoisotopic (exact) mass is 400 g/mol. The van der Waals surface area contributed by atoms with Crippen LogP contribution in [0.4, 0.5) is 0 Å². The van der Waals surface area contributed by atoms with Crippen molar-refractivity contribution in [1.29, 1.82) is 0 Å². The van der Waals surface area contributed by atoms with Gasteiger partial charge in [0.05, 0.1) is 32.5 Å². The van der Waals surface area contributed by atoms with Crippen LogP contribution in [0.15, 0.2) is 47.5 Å².